The lowest BCUT2D eigenvalue weighted by Crippen LogP contribution is -2.45. The van der Waals surface area contributed by atoms with E-state index in [-0.39, 0.29) is 17.8 Å². The molecule has 0 saturated heterocycles. The lowest BCUT2D eigenvalue weighted by molar-refractivity contribution is -0.146. The van der Waals surface area contributed by atoms with Crippen LogP contribution in [0, 0.1) is 5.92 Å². The highest BCUT2D eigenvalue weighted by Gasteiger charge is 2.26. The average molecular weight is 264 g/mol. The number of nitrogens with one attached hydrogen (secondary N) is 1. The molecule has 0 fully saturated rings. The van der Waals surface area contributed by atoms with E-state index < -0.39 is 6.04 Å². The molecule has 0 aliphatic heterocycles. The van der Waals surface area contributed by atoms with E-state index in [1.807, 2.05) is 13.8 Å². The van der Waals surface area contributed by atoms with Gasteiger partial charge in [-0.25, -0.2) is 4.79 Å². The van der Waals surface area contributed by atoms with Gasteiger partial charge in [0.2, 0.25) is 5.91 Å². The van der Waals surface area contributed by atoms with Crippen molar-refractivity contribution in [3.05, 3.63) is 0 Å². The van der Waals surface area contributed by atoms with Gasteiger partial charge in [-0.2, -0.15) is 0 Å². The summed E-state index contributed by atoms with van der Waals surface area (Å²) in [5.74, 6) is 0.120. The molecule has 1 amide bonds. The highest BCUT2D eigenvalue weighted by molar-refractivity contribution is 6.17. The van der Waals surface area contributed by atoms with Gasteiger partial charge in [-0.3, -0.25) is 4.79 Å². The van der Waals surface area contributed by atoms with E-state index in [9.17, 15) is 9.59 Å². The van der Waals surface area contributed by atoms with Crippen molar-refractivity contribution in [1.29, 1.82) is 0 Å². The SMILES string of the molecule is CCC(C)C(NC(=O)CCCCCl)C(=O)OC. The van der Waals surface area contributed by atoms with Crippen LogP contribution in [0.25, 0.3) is 0 Å². The van der Waals surface area contributed by atoms with Gasteiger partial charge in [0.15, 0.2) is 0 Å². The Morgan fingerprint density at radius 1 is 1.35 bits per heavy atom. The number of hydrogen-bond acceptors (Lipinski definition) is 3. The molecule has 0 spiro atoms. The normalized spacial score (nSPS) is 13.9. The Kier molecular flexibility index (Phi) is 8.86. The van der Waals surface area contributed by atoms with Crippen molar-refractivity contribution in [2.24, 2.45) is 5.92 Å². The predicted molar refractivity (Wildman–Crippen MR) is 68.0 cm³/mol. The Bertz CT molecular complexity index is 246. The van der Waals surface area contributed by atoms with Crippen LogP contribution in [0.1, 0.15) is 39.5 Å². The molecular formula is C12H22ClNO3. The van der Waals surface area contributed by atoms with E-state index in [1.165, 1.54) is 7.11 Å². The van der Waals surface area contributed by atoms with Crippen molar-refractivity contribution in [1.82, 2.24) is 5.32 Å². The number of halogens is 1. The molecular weight excluding hydrogens is 242 g/mol. The molecule has 0 rings (SSSR count). The van der Waals surface area contributed by atoms with E-state index in [4.69, 9.17) is 11.6 Å². The number of carbonyl (C=O) groups is 2. The van der Waals surface area contributed by atoms with Crippen LogP contribution < -0.4 is 5.32 Å². The number of rotatable bonds is 8. The molecule has 2 atom stereocenters. The molecule has 4 nitrogen and oxygen atoms in total. The smallest absolute Gasteiger partial charge is 0.328 e. The number of hydrogen-bond donors (Lipinski definition) is 1. The van der Waals surface area contributed by atoms with Gasteiger partial charge in [0, 0.05) is 12.3 Å². The Labute approximate surface area is 108 Å². The summed E-state index contributed by atoms with van der Waals surface area (Å²) < 4.78 is 4.69. The minimum Gasteiger partial charge on any atom is -0.467 e. The van der Waals surface area contributed by atoms with Crippen LogP contribution in [0.4, 0.5) is 0 Å². The van der Waals surface area contributed by atoms with Crippen molar-refractivity contribution in [2.75, 3.05) is 13.0 Å². The van der Waals surface area contributed by atoms with E-state index in [0.29, 0.717) is 12.3 Å². The van der Waals surface area contributed by atoms with Crippen molar-refractivity contribution >= 4 is 23.5 Å². The second-order valence-corrected chi connectivity index (χ2v) is 4.48. The molecule has 0 aliphatic rings. The Hall–Kier alpha value is -0.770. The standard InChI is InChI=1S/C12H22ClNO3/c1-4-9(2)11(12(16)17-3)14-10(15)7-5-6-8-13/h9,11H,4-8H2,1-3H3,(H,14,15). The number of alkyl halides is 1. The monoisotopic (exact) mass is 263 g/mol. The van der Waals surface area contributed by atoms with Gasteiger partial charge in [-0.15, -0.1) is 11.6 Å². The van der Waals surface area contributed by atoms with Crippen molar-refractivity contribution in [3.8, 4) is 0 Å². The van der Waals surface area contributed by atoms with Crippen molar-refractivity contribution in [2.45, 2.75) is 45.6 Å². The molecule has 0 saturated carbocycles. The zero-order valence-electron chi connectivity index (χ0n) is 10.8. The van der Waals surface area contributed by atoms with Crippen LogP contribution >= 0.6 is 11.6 Å². The van der Waals surface area contributed by atoms with Crippen molar-refractivity contribution in [3.63, 3.8) is 0 Å². The van der Waals surface area contributed by atoms with Gasteiger partial charge in [-0.1, -0.05) is 20.3 Å². The maximum Gasteiger partial charge on any atom is 0.328 e. The first-order valence-electron chi connectivity index (χ1n) is 5.99. The summed E-state index contributed by atoms with van der Waals surface area (Å²) >= 11 is 5.53. The second kappa shape index (κ2) is 9.28. The molecule has 5 heteroatoms. The third kappa shape index (κ3) is 6.51. The Balaban J connectivity index is 4.23. The van der Waals surface area contributed by atoms with Crippen LogP contribution in [0.3, 0.4) is 0 Å². The van der Waals surface area contributed by atoms with Gasteiger partial charge in [0.05, 0.1) is 7.11 Å². The fourth-order valence-electron chi connectivity index (χ4n) is 1.42. The summed E-state index contributed by atoms with van der Waals surface area (Å²) in [6.45, 7) is 3.89. The number of carbonyl (C=O) groups excluding carboxylic acids is 2. The lowest BCUT2D eigenvalue weighted by Gasteiger charge is -2.21. The molecule has 1 N–H and O–H groups in total. The summed E-state index contributed by atoms with van der Waals surface area (Å²) in [6, 6.07) is -0.548. The Morgan fingerprint density at radius 2 is 2.00 bits per heavy atom. The van der Waals surface area contributed by atoms with E-state index in [0.717, 1.165) is 19.3 Å². The van der Waals surface area contributed by atoms with E-state index in [1.54, 1.807) is 0 Å². The summed E-state index contributed by atoms with van der Waals surface area (Å²) in [4.78, 5) is 23.1. The summed E-state index contributed by atoms with van der Waals surface area (Å²) in [5.41, 5.74) is 0. The zero-order chi connectivity index (χ0) is 13.3. The molecule has 0 aromatic carbocycles. The van der Waals surface area contributed by atoms with Crippen LogP contribution in [0.15, 0.2) is 0 Å². The molecule has 17 heavy (non-hydrogen) atoms. The van der Waals surface area contributed by atoms with Gasteiger partial charge >= 0.3 is 5.97 Å². The van der Waals surface area contributed by atoms with E-state index >= 15 is 0 Å². The van der Waals surface area contributed by atoms with Crippen LogP contribution in [-0.4, -0.2) is 30.9 Å². The molecule has 0 radical (unpaired) electrons. The highest BCUT2D eigenvalue weighted by atomic mass is 35.5. The second-order valence-electron chi connectivity index (χ2n) is 4.10. The first-order chi connectivity index (χ1) is 8.06. The quantitative estimate of drug-likeness (QED) is 0.415. The van der Waals surface area contributed by atoms with Gasteiger partial charge in [-0.05, 0) is 18.8 Å². The molecule has 0 aromatic rings. The predicted octanol–water partition coefficient (Wildman–Crippen LogP) is 2.10. The van der Waals surface area contributed by atoms with E-state index in [2.05, 4.69) is 10.1 Å². The zero-order valence-corrected chi connectivity index (χ0v) is 11.5. The maximum absolute atomic E-state index is 11.6. The maximum atomic E-state index is 11.6. The van der Waals surface area contributed by atoms with Gasteiger partial charge < -0.3 is 10.1 Å². The summed E-state index contributed by atoms with van der Waals surface area (Å²) in [5, 5.41) is 2.72. The molecule has 0 aromatic heterocycles. The number of amides is 1. The van der Waals surface area contributed by atoms with Gasteiger partial charge in [0.25, 0.3) is 0 Å². The first-order valence-corrected chi connectivity index (χ1v) is 6.53. The first kappa shape index (κ1) is 16.2. The molecule has 2 unspecified atom stereocenters. The number of esters is 1. The third-order valence-corrected chi connectivity index (χ3v) is 3.04. The minimum atomic E-state index is -0.548. The topological polar surface area (TPSA) is 55.4 Å². The Morgan fingerprint density at radius 3 is 2.47 bits per heavy atom. The van der Waals surface area contributed by atoms with Crippen LogP contribution in [0.2, 0.25) is 0 Å². The number of methoxy groups -OCH3 is 1. The molecule has 0 aliphatic carbocycles. The molecule has 100 valence electrons. The van der Waals surface area contributed by atoms with Crippen LogP contribution in [0.5, 0.6) is 0 Å². The minimum absolute atomic E-state index is 0.0689. The van der Waals surface area contributed by atoms with Gasteiger partial charge in [0.1, 0.15) is 6.04 Å². The fraction of sp³-hybridized carbons (Fsp3) is 0.833. The largest absolute Gasteiger partial charge is 0.467 e. The highest BCUT2D eigenvalue weighted by Crippen LogP contribution is 2.10. The number of ether oxygens (including phenoxy) is 1. The fourth-order valence-corrected chi connectivity index (χ4v) is 1.61. The lowest BCUT2D eigenvalue weighted by atomic mass is 9.99. The summed E-state index contributed by atoms with van der Waals surface area (Å²) in [6.07, 6.45) is 2.75. The van der Waals surface area contributed by atoms with Crippen LogP contribution in [-0.2, 0) is 14.3 Å². The average Bonchev–Trinajstić information content (AvgIpc) is 2.34. The number of unbranched alkanes of at least 4 members (excludes halogenated alkanes) is 1. The van der Waals surface area contributed by atoms with Crippen molar-refractivity contribution < 1.29 is 14.3 Å². The molecule has 0 bridgehead atoms. The molecule has 0 heterocycles. The summed E-state index contributed by atoms with van der Waals surface area (Å²) in [7, 11) is 1.33. The third-order valence-electron chi connectivity index (χ3n) is 2.77.